The van der Waals surface area contributed by atoms with E-state index >= 15 is 0 Å². The standard InChI is InChI=1S/C11H20N4O4/c1-15(2)11(19)13-6-5-12-10(18)14-8(9(16)17)7-3-4-7/h7-8H,3-6H2,1-2H3,(H,13,19)(H,16,17)(H2,12,14,18). The number of carboxylic acid groups (broad SMARTS) is 1. The molecule has 8 heteroatoms. The van der Waals surface area contributed by atoms with Gasteiger partial charge in [-0.05, 0) is 18.8 Å². The van der Waals surface area contributed by atoms with Crippen LogP contribution in [0.15, 0.2) is 0 Å². The van der Waals surface area contributed by atoms with Crippen molar-refractivity contribution in [2.45, 2.75) is 18.9 Å². The van der Waals surface area contributed by atoms with Gasteiger partial charge in [0.25, 0.3) is 0 Å². The number of hydrogen-bond acceptors (Lipinski definition) is 3. The third-order valence-electron chi connectivity index (χ3n) is 2.74. The highest BCUT2D eigenvalue weighted by Crippen LogP contribution is 2.32. The van der Waals surface area contributed by atoms with Crippen LogP contribution in [0.1, 0.15) is 12.8 Å². The Morgan fingerprint density at radius 2 is 1.79 bits per heavy atom. The smallest absolute Gasteiger partial charge is 0.326 e. The van der Waals surface area contributed by atoms with Gasteiger partial charge in [0.05, 0.1) is 0 Å². The normalized spacial score (nSPS) is 15.3. The second kappa shape index (κ2) is 6.81. The molecule has 0 heterocycles. The summed E-state index contributed by atoms with van der Waals surface area (Å²) in [6.45, 7) is 0.522. The number of amides is 4. The Hall–Kier alpha value is -1.99. The minimum Gasteiger partial charge on any atom is -0.480 e. The van der Waals surface area contributed by atoms with E-state index in [4.69, 9.17) is 5.11 Å². The second-order valence-electron chi connectivity index (χ2n) is 4.68. The van der Waals surface area contributed by atoms with Gasteiger partial charge in [0.15, 0.2) is 0 Å². The van der Waals surface area contributed by atoms with E-state index in [9.17, 15) is 14.4 Å². The Morgan fingerprint density at radius 1 is 1.21 bits per heavy atom. The molecule has 8 nitrogen and oxygen atoms in total. The lowest BCUT2D eigenvalue weighted by Crippen LogP contribution is -2.49. The molecule has 0 aliphatic heterocycles. The van der Waals surface area contributed by atoms with Crippen molar-refractivity contribution in [3.05, 3.63) is 0 Å². The number of carbonyl (C=O) groups excluding carboxylic acids is 2. The minimum absolute atomic E-state index is 0.0386. The van der Waals surface area contributed by atoms with Crippen LogP contribution in [0, 0.1) is 5.92 Å². The van der Waals surface area contributed by atoms with Gasteiger partial charge in [0, 0.05) is 27.2 Å². The highest BCUT2D eigenvalue weighted by atomic mass is 16.4. The number of carbonyl (C=O) groups is 3. The van der Waals surface area contributed by atoms with Crippen LogP contribution in [0.4, 0.5) is 9.59 Å². The molecule has 1 fully saturated rings. The molecule has 4 N–H and O–H groups in total. The molecular weight excluding hydrogens is 252 g/mol. The highest BCUT2D eigenvalue weighted by Gasteiger charge is 2.37. The minimum atomic E-state index is -1.02. The lowest BCUT2D eigenvalue weighted by atomic mass is 10.2. The van der Waals surface area contributed by atoms with Crippen LogP contribution in [-0.2, 0) is 4.79 Å². The molecule has 108 valence electrons. The maximum absolute atomic E-state index is 11.5. The average molecular weight is 272 g/mol. The number of rotatable bonds is 6. The average Bonchev–Trinajstić information content (AvgIpc) is 3.14. The predicted octanol–water partition coefficient (Wildman–Crippen LogP) is -0.580. The summed E-state index contributed by atoms with van der Waals surface area (Å²) in [6, 6.07) is -1.60. The summed E-state index contributed by atoms with van der Waals surface area (Å²) in [5, 5.41) is 16.4. The fourth-order valence-electron chi connectivity index (χ4n) is 1.51. The maximum atomic E-state index is 11.5. The summed E-state index contributed by atoms with van der Waals surface area (Å²) in [7, 11) is 3.23. The fraction of sp³-hybridized carbons (Fsp3) is 0.727. The van der Waals surface area contributed by atoms with Crippen molar-refractivity contribution >= 4 is 18.0 Å². The summed E-state index contributed by atoms with van der Waals surface area (Å²) in [4.78, 5) is 34.9. The Kier molecular flexibility index (Phi) is 5.40. The summed E-state index contributed by atoms with van der Waals surface area (Å²) < 4.78 is 0. The molecule has 1 unspecified atom stereocenters. The van der Waals surface area contributed by atoms with Gasteiger partial charge in [-0.1, -0.05) is 0 Å². The molecule has 1 atom stereocenters. The molecule has 4 amide bonds. The topological polar surface area (TPSA) is 111 Å². The van der Waals surface area contributed by atoms with Gasteiger partial charge in [-0.3, -0.25) is 0 Å². The molecule has 1 saturated carbocycles. The molecular formula is C11H20N4O4. The van der Waals surface area contributed by atoms with Crippen LogP contribution in [0.5, 0.6) is 0 Å². The van der Waals surface area contributed by atoms with Crippen molar-refractivity contribution in [1.82, 2.24) is 20.9 Å². The molecule has 0 bridgehead atoms. The van der Waals surface area contributed by atoms with Gasteiger partial charge in [0.1, 0.15) is 6.04 Å². The molecule has 0 aromatic heterocycles. The van der Waals surface area contributed by atoms with Gasteiger partial charge in [-0.25, -0.2) is 14.4 Å². The van der Waals surface area contributed by atoms with Crippen molar-refractivity contribution in [3.63, 3.8) is 0 Å². The number of nitrogens with one attached hydrogen (secondary N) is 3. The molecule has 1 rings (SSSR count). The SMILES string of the molecule is CN(C)C(=O)NCCNC(=O)NC(C(=O)O)C1CC1. The number of carboxylic acids is 1. The zero-order chi connectivity index (χ0) is 14.4. The van der Waals surface area contributed by atoms with Crippen LogP contribution in [0.2, 0.25) is 0 Å². The maximum Gasteiger partial charge on any atom is 0.326 e. The molecule has 0 aromatic rings. The first kappa shape index (κ1) is 15.1. The largest absolute Gasteiger partial charge is 0.480 e. The van der Waals surface area contributed by atoms with Crippen molar-refractivity contribution < 1.29 is 19.5 Å². The first-order chi connectivity index (χ1) is 8.91. The Bertz CT molecular complexity index is 355. The van der Waals surface area contributed by atoms with E-state index in [1.54, 1.807) is 14.1 Å². The van der Waals surface area contributed by atoms with Gasteiger partial charge >= 0.3 is 18.0 Å². The summed E-state index contributed by atoms with van der Waals surface area (Å²) in [5.74, 6) is -0.977. The van der Waals surface area contributed by atoms with Gasteiger partial charge in [-0.15, -0.1) is 0 Å². The number of hydrogen-bond donors (Lipinski definition) is 4. The molecule has 1 aliphatic rings. The number of aliphatic carboxylic acids is 1. The fourth-order valence-corrected chi connectivity index (χ4v) is 1.51. The molecule has 19 heavy (non-hydrogen) atoms. The van der Waals surface area contributed by atoms with Crippen molar-refractivity contribution in [3.8, 4) is 0 Å². The number of urea groups is 2. The third-order valence-corrected chi connectivity index (χ3v) is 2.74. The zero-order valence-electron chi connectivity index (χ0n) is 11.1. The van der Waals surface area contributed by atoms with Crippen LogP contribution in [0.3, 0.4) is 0 Å². The van der Waals surface area contributed by atoms with E-state index in [0.717, 1.165) is 12.8 Å². The lowest BCUT2D eigenvalue weighted by Gasteiger charge is -2.15. The zero-order valence-corrected chi connectivity index (χ0v) is 11.1. The summed E-state index contributed by atoms with van der Waals surface area (Å²) in [6.07, 6.45) is 1.66. The van der Waals surface area contributed by atoms with Gasteiger partial charge in [0.2, 0.25) is 0 Å². The lowest BCUT2D eigenvalue weighted by molar-refractivity contribution is -0.139. The first-order valence-electron chi connectivity index (χ1n) is 6.14. The Balaban J connectivity index is 2.17. The van der Waals surface area contributed by atoms with Crippen LogP contribution < -0.4 is 16.0 Å². The first-order valence-corrected chi connectivity index (χ1v) is 6.14. The van der Waals surface area contributed by atoms with Crippen molar-refractivity contribution in [1.29, 1.82) is 0 Å². The molecule has 0 aromatic carbocycles. The Labute approximate surface area is 111 Å². The second-order valence-corrected chi connectivity index (χ2v) is 4.68. The van der Waals surface area contributed by atoms with E-state index < -0.39 is 18.0 Å². The van der Waals surface area contributed by atoms with Gasteiger partial charge in [-0.2, -0.15) is 0 Å². The van der Waals surface area contributed by atoms with Crippen molar-refractivity contribution in [2.75, 3.05) is 27.2 Å². The molecule has 1 aliphatic carbocycles. The summed E-state index contributed by atoms with van der Waals surface area (Å²) >= 11 is 0. The number of nitrogens with zero attached hydrogens (tertiary/aromatic N) is 1. The van der Waals surface area contributed by atoms with Crippen LogP contribution in [0.25, 0.3) is 0 Å². The van der Waals surface area contributed by atoms with E-state index in [2.05, 4.69) is 16.0 Å². The van der Waals surface area contributed by atoms with Crippen molar-refractivity contribution in [2.24, 2.45) is 5.92 Å². The van der Waals surface area contributed by atoms with Crippen LogP contribution >= 0.6 is 0 Å². The monoisotopic (exact) mass is 272 g/mol. The van der Waals surface area contributed by atoms with E-state index in [1.165, 1.54) is 4.90 Å². The highest BCUT2D eigenvalue weighted by molar-refractivity contribution is 5.83. The third kappa shape index (κ3) is 5.45. The Morgan fingerprint density at radius 3 is 2.26 bits per heavy atom. The van der Waals surface area contributed by atoms with E-state index in [-0.39, 0.29) is 25.0 Å². The quantitative estimate of drug-likeness (QED) is 0.485. The summed E-state index contributed by atoms with van der Waals surface area (Å²) in [5.41, 5.74) is 0. The van der Waals surface area contributed by atoms with E-state index in [0.29, 0.717) is 0 Å². The van der Waals surface area contributed by atoms with Gasteiger partial charge < -0.3 is 26.0 Å². The predicted molar refractivity (Wildman–Crippen MR) is 67.8 cm³/mol. The molecule has 0 spiro atoms. The molecule has 0 saturated heterocycles. The molecule has 0 radical (unpaired) electrons. The van der Waals surface area contributed by atoms with Crippen LogP contribution in [-0.4, -0.2) is 61.3 Å². The van der Waals surface area contributed by atoms with E-state index in [1.807, 2.05) is 0 Å².